The molecule has 1 aromatic heterocycles. The average molecular weight is 299 g/mol. The standard InChI is InChI=1S/C13H12ClFN2O3/c1-2-20-13(19)12-11(17-10(18)6-14)8-5-7(15)3-4-9(8)16-12/h3-5,16H,2,6H2,1H3,(H,17,18). The predicted octanol–water partition coefficient (Wildman–Crippen LogP) is 2.66. The van der Waals surface area contributed by atoms with E-state index in [0.29, 0.717) is 10.9 Å². The van der Waals surface area contributed by atoms with Gasteiger partial charge in [-0.2, -0.15) is 0 Å². The summed E-state index contributed by atoms with van der Waals surface area (Å²) < 4.78 is 18.2. The Morgan fingerprint density at radius 1 is 1.45 bits per heavy atom. The first-order valence-corrected chi connectivity index (χ1v) is 6.44. The van der Waals surface area contributed by atoms with Crippen molar-refractivity contribution >= 4 is 40.1 Å². The number of benzene rings is 1. The Bertz CT molecular complexity index is 669. The first kappa shape index (κ1) is 14.3. The van der Waals surface area contributed by atoms with Crippen molar-refractivity contribution in [3.63, 3.8) is 0 Å². The van der Waals surface area contributed by atoms with Gasteiger partial charge in [0.15, 0.2) is 0 Å². The summed E-state index contributed by atoms with van der Waals surface area (Å²) in [7, 11) is 0. The molecular weight excluding hydrogens is 287 g/mol. The summed E-state index contributed by atoms with van der Waals surface area (Å²) in [4.78, 5) is 26.1. The maximum atomic E-state index is 13.3. The number of carbonyl (C=O) groups is 2. The maximum absolute atomic E-state index is 13.3. The molecule has 0 aliphatic rings. The number of fused-ring (bicyclic) bond motifs is 1. The number of ether oxygens (including phenoxy) is 1. The molecule has 0 aliphatic heterocycles. The third-order valence-electron chi connectivity index (χ3n) is 2.63. The molecule has 1 amide bonds. The maximum Gasteiger partial charge on any atom is 0.356 e. The highest BCUT2D eigenvalue weighted by molar-refractivity contribution is 6.29. The number of aromatic amines is 1. The summed E-state index contributed by atoms with van der Waals surface area (Å²) in [6.07, 6.45) is 0. The van der Waals surface area contributed by atoms with Crippen molar-refractivity contribution in [3.05, 3.63) is 29.7 Å². The number of hydrogen-bond donors (Lipinski definition) is 2. The minimum atomic E-state index is -0.631. The molecule has 106 valence electrons. The van der Waals surface area contributed by atoms with Crippen molar-refractivity contribution in [2.24, 2.45) is 0 Å². The van der Waals surface area contributed by atoms with Crippen LogP contribution in [0, 0.1) is 5.82 Å². The fourth-order valence-corrected chi connectivity index (χ4v) is 1.89. The molecule has 0 saturated carbocycles. The van der Waals surface area contributed by atoms with Crippen LogP contribution in [0.25, 0.3) is 10.9 Å². The molecule has 2 N–H and O–H groups in total. The molecule has 0 fully saturated rings. The van der Waals surface area contributed by atoms with Gasteiger partial charge in [0.25, 0.3) is 0 Å². The molecule has 0 saturated heterocycles. The quantitative estimate of drug-likeness (QED) is 0.673. The molecule has 5 nitrogen and oxygen atoms in total. The molecule has 0 spiro atoms. The van der Waals surface area contributed by atoms with Gasteiger partial charge in [0.05, 0.1) is 12.3 Å². The van der Waals surface area contributed by atoms with E-state index in [1.807, 2.05) is 0 Å². The number of hydrogen-bond acceptors (Lipinski definition) is 3. The number of esters is 1. The summed E-state index contributed by atoms with van der Waals surface area (Å²) in [5.74, 6) is -1.88. The zero-order valence-electron chi connectivity index (χ0n) is 10.6. The Hall–Kier alpha value is -2.08. The highest BCUT2D eigenvalue weighted by atomic mass is 35.5. The van der Waals surface area contributed by atoms with Crippen molar-refractivity contribution in [2.45, 2.75) is 6.92 Å². The van der Waals surface area contributed by atoms with Crippen molar-refractivity contribution in [2.75, 3.05) is 17.8 Å². The van der Waals surface area contributed by atoms with E-state index in [1.165, 1.54) is 18.2 Å². The number of anilines is 1. The fraction of sp³-hybridized carbons (Fsp3) is 0.231. The first-order chi connectivity index (χ1) is 9.56. The second kappa shape index (κ2) is 5.92. The largest absolute Gasteiger partial charge is 0.461 e. The number of amides is 1. The third-order valence-corrected chi connectivity index (χ3v) is 2.87. The first-order valence-electron chi connectivity index (χ1n) is 5.91. The summed E-state index contributed by atoms with van der Waals surface area (Å²) in [5, 5.41) is 2.86. The fourth-order valence-electron chi connectivity index (χ4n) is 1.82. The Morgan fingerprint density at radius 2 is 2.20 bits per heavy atom. The van der Waals surface area contributed by atoms with Crippen molar-refractivity contribution in [3.8, 4) is 0 Å². The predicted molar refractivity (Wildman–Crippen MR) is 73.6 cm³/mol. The van der Waals surface area contributed by atoms with Gasteiger partial charge < -0.3 is 15.0 Å². The van der Waals surface area contributed by atoms with Crippen LogP contribution in [-0.4, -0.2) is 29.3 Å². The van der Waals surface area contributed by atoms with Crippen molar-refractivity contribution in [1.29, 1.82) is 0 Å². The molecule has 0 aliphatic carbocycles. The molecule has 7 heteroatoms. The zero-order valence-corrected chi connectivity index (χ0v) is 11.4. The third kappa shape index (κ3) is 2.75. The number of rotatable bonds is 4. The Labute approximate surface area is 119 Å². The van der Waals surface area contributed by atoms with E-state index in [2.05, 4.69) is 10.3 Å². The van der Waals surface area contributed by atoms with Crippen LogP contribution < -0.4 is 5.32 Å². The van der Waals surface area contributed by atoms with Gasteiger partial charge in [-0.05, 0) is 25.1 Å². The summed E-state index contributed by atoms with van der Waals surface area (Å²) in [6.45, 7) is 1.85. The van der Waals surface area contributed by atoms with Crippen LogP contribution in [0.3, 0.4) is 0 Å². The second-order valence-corrected chi connectivity index (χ2v) is 4.23. The zero-order chi connectivity index (χ0) is 14.7. The lowest BCUT2D eigenvalue weighted by molar-refractivity contribution is -0.113. The van der Waals surface area contributed by atoms with Crippen LogP contribution >= 0.6 is 11.6 Å². The van der Waals surface area contributed by atoms with E-state index in [1.54, 1.807) is 6.92 Å². The number of nitrogens with one attached hydrogen (secondary N) is 2. The number of aromatic nitrogens is 1. The lowest BCUT2D eigenvalue weighted by Crippen LogP contribution is -2.16. The van der Waals surface area contributed by atoms with Gasteiger partial charge in [-0.25, -0.2) is 9.18 Å². The average Bonchev–Trinajstić information content (AvgIpc) is 2.77. The molecule has 0 radical (unpaired) electrons. The molecule has 0 atom stereocenters. The number of alkyl halides is 1. The highest BCUT2D eigenvalue weighted by Crippen LogP contribution is 2.29. The van der Waals surface area contributed by atoms with E-state index < -0.39 is 17.7 Å². The molecular formula is C13H12ClFN2O3. The minimum absolute atomic E-state index is 0.0610. The smallest absolute Gasteiger partial charge is 0.356 e. The number of H-pyrrole nitrogens is 1. The normalized spacial score (nSPS) is 10.6. The van der Waals surface area contributed by atoms with Gasteiger partial charge >= 0.3 is 5.97 Å². The van der Waals surface area contributed by atoms with Crippen LogP contribution in [0.1, 0.15) is 17.4 Å². The summed E-state index contributed by atoms with van der Waals surface area (Å²) >= 11 is 5.43. The van der Waals surface area contributed by atoms with Gasteiger partial charge in [-0.15, -0.1) is 11.6 Å². The van der Waals surface area contributed by atoms with E-state index >= 15 is 0 Å². The SMILES string of the molecule is CCOC(=O)c1[nH]c2ccc(F)cc2c1NC(=O)CCl. The molecule has 1 heterocycles. The molecule has 0 unspecified atom stereocenters. The molecule has 2 aromatic rings. The van der Waals surface area contributed by atoms with E-state index in [4.69, 9.17) is 16.3 Å². The summed E-state index contributed by atoms with van der Waals surface area (Å²) in [6, 6.07) is 3.95. The Balaban J connectivity index is 2.57. The van der Waals surface area contributed by atoms with Gasteiger partial charge in [0.1, 0.15) is 17.4 Å². The lowest BCUT2D eigenvalue weighted by atomic mass is 10.2. The van der Waals surface area contributed by atoms with Crippen LogP contribution in [0.15, 0.2) is 18.2 Å². The van der Waals surface area contributed by atoms with Gasteiger partial charge in [0.2, 0.25) is 5.91 Å². The number of carbonyl (C=O) groups excluding carboxylic acids is 2. The molecule has 20 heavy (non-hydrogen) atoms. The monoisotopic (exact) mass is 298 g/mol. The van der Waals surface area contributed by atoms with Gasteiger partial charge in [0, 0.05) is 10.9 Å². The highest BCUT2D eigenvalue weighted by Gasteiger charge is 2.20. The van der Waals surface area contributed by atoms with Crippen LogP contribution in [-0.2, 0) is 9.53 Å². The van der Waals surface area contributed by atoms with E-state index in [-0.39, 0.29) is 23.9 Å². The van der Waals surface area contributed by atoms with E-state index in [0.717, 1.165) is 0 Å². The second-order valence-electron chi connectivity index (χ2n) is 3.97. The Kier molecular flexibility index (Phi) is 4.24. The van der Waals surface area contributed by atoms with Gasteiger partial charge in [-0.3, -0.25) is 4.79 Å². The summed E-state index contributed by atoms with van der Waals surface area (Å²) in [5.41, 5.74) is 0.744. The molecule has 1 aromatic carbocycles. The molecule has 0 bridgehead atoms. The van der Waals surface area contributed by atoms with E-state index in [9.17, 15) is 14.0 Å². The van der Waals surface area contributed by atoms with Crippen LogP contribution in [0.2, 0.25) is 0 Å². The van der Waals surface area contributed by atoms with Crippen LogP contribution in [0.4, 0.5) is 10.1 Å². The number of halogens is 2. The Morgan fingerprint density at radius 3 is 2.85 bits per heavy atom. The topological polar surface area (TPSA) is 71.2 Å². The van der Waals surface area contributed by atoms with Crippen LogP contribution in [0.5, 0.6) is 0 Å². The lowest BCUT2D eigenvalue weighted by Gasteiger charge is -2.05. The van der Waals surface area contributed by atoms with Crippen molar-refractivity contribution < 1.29 is 18.7 Å². The van der Waals surface area contributed by atoms with Gasteiger partial charge in [-0.1, -0.05) is 0 Å². The minimum Gasteiger partial charge on any atom is -0.461 e. The molecule has 2 rings (SSSR count). The van der Waals surface area contributed by atoms with Crippen molar-refractivity contribution in [1.82, 2.24) is 4.98 Å².